The van der Waals surface area contributed by atoms with E-state index in [1.54, 1.807) is 4.90 Å². The van der Waals surface area contributed by atoms with Crippen LogP contribution >= 0.6 is 0 Å². The first kappa shape index (κ1) is 13.4. The van der Waals surface area contributed by atoms with Gasteiger partial charge in [0.25, 0.3) is 5.91 Å². The number of aromatic nitrogens is 1. The quantitative estimate of drug-likeness (QED) is 0.748. The highest BCUT2D eigenvalue weighted by molar-refractivity contribution is 5.93. The van der Waals surface area contributed by atoms with Crippen LogP contribution in [0.15, 0.2) is 23.3 Å². The molecule has 0 aliphatic rings. The molecule has 1 amide bonds. The molecule has 5 nitrogen and oxygen atoms in total. The maximum atomic E-state index is 12.0. The molecule has 94 valence electrons. The van der Waals surface area contributed by atoms with Crippen LogP contribution in [0.5, 0.6) is 0 Å². The first-order valence-corrected chi connectivity index (χ1v) is 5.74. The fourth-order valence-electron chi connectivity index (χ4n) is 1.48. The molecule has 0 aliphatic heterocycles. The Labute approximate surface area is 100 Å². The molecule has 1 heterocycles. The molecule has 1 rings (SSSR count). The van der Waals surface area contributed by atoms with Crippen molar-refractivity contribution in [2.24, 2.45) is 0 Å². The molecular weight excluding hydrogens is 220 g/mol. The summed E-state index contributed by atoms with van der Waals surface area (Å²) in [5, 5.41) is 0. The minimum atomic E-state index is -0.261. The predicted octanol–water partition coefficient (Wildman–Crippen LogP) is 0.874. The van der Waals surface area contributed by atoms with Crippen LogP contribution in [0.4, 0.5) is 0 Å². The van der Waals surface area contributed by atoms with E-state index in [1.807, 2.05) is 13.8 Å². The van der Waals surface area contributed by atoms with Gasteiger partial charge in [-0.05, 0) is 13.8 Å². The Bertz CT molecular complexity index is 414. The van der Waals surface area contributed by atoms with Gasteiger partial charge in [-0.15, -0.1) is 0 Å². The summed E-state index contributed by atoms with van der Waals surface area (Å²) in [7, 11) is 0. The largest absolute Gasteiger partial charge is 0.380 e. The summed E-state index contributed by atoms with van der Waals surface area (Å²) in [6.45, 7) is 5.94. The van der Waals surface area contributed by atoms with Crippen molar-refractivity contribution in [3.05, 3.63) is 34.2 Å². The predicted molar refractivity (Wildman–Crippen MR) is 65.1 cm³/mol. The Morgan fingerprint density at radius 2 is 2.24 bits per heavy atom. The molecule has 1 aromatic rings. The first-order valence-electron chi connectivity index (χ1n) is 5.74. The van der Waals surface area contributed by atoms with E-state index in [-0.39, 0.29) is 16.9 Å². The van der Waals surface area contributed by atoms with Crippen LogP contribution in [0.25, 0.3) is 0 Å². The molecule has 0 spiro atoms. The highest BCUT2D eigenvalue weighted by atomic mass is 16.5. The lowest BCUT2D eigenvalue weighted by Gasteiger charge is -2.20. The van der Waals surface area contributed by atoms with Gasteiger partial charge in [-0.25, -0.2) is 0 Å². The van der Waals surface area contributed by atoms with Crippen LogP contribution in [-0.2, 0) is 4.74 Å². The maximum Gasteiger partial charge on any atom is 0.259 e. The summed E-state index contributed by atoms with van der Waals surface area (Å²) in [6.07, 6.45) is 2.95. The van der Waals surface area contributed by atoms with E-state index in [0.29, 0.717) is 26.3 Å². The molecule has 1 N–H and O–H groups in total. The maximum absolute atomic E-state index is 12.0. The van der Waals surface area contributed by atoms with Gasteiger partial charge in [0.15, 0.2) is 5.43 Å². The molecule has 0 atom stereocenters. The SMILES string of the molecule is CCOCCN(CC)C(=O)c1c[nH]ccc1=O. The van der Waals surface area contributed by atoms with Gasteiger partial charge in [-0.3, -0.25) is 9.59 Å². The number of rotatable bonds is 6. The minimum Gasteiger partial charge on any atom is -0.380 e. The molecular formula is C12H18N2O3. The number of carbonyl (C=O) groups is 1. The zero-order valence-corrected chi connectivity index (χ0v) is 10.2. The lowest BCUT2D eigenvalue weighted by molar-refractivity contribution is 0.0667. The van der Waals surface area contributed by atoms with Gasteiger partial charge in [0, 0.05) is 38.2 Å². The number of aromatic amines is 1. The van der Waals surface area contributed by atoms with Crippen molar-refractivity contribution in [3.8, 4) is 0 Å². The number of hydrogen-bond acceptors (Lipinski definition) is 3. The van der Waals surface area contributed by atoms with E-state index >= 15 is 0 Å². The summed E-state index contributed by atoms with van der Waals surface area (Å²) in [5.41, 5.74) is -0.0885. The molecule has 0 radical (unpaired) electrons. The summed E-state index contributed by atoms with van der Waals surface area (Å²) < 4.78 is 5.20. The number of H-pyrrole nitrogens is 1. The molecule has 0 aliphatic carbocycles. The summed E-state index contributed by atoms with van der Waals surface area (Å²) in [5.74, 6) is -0.256. The average Bonchev–Trinajstić information content (AvgIpc) is 2.35. The fourth-order valence-corrected chi connectivity index (χ4v) is 1.48. The van der Waals surface area contributed by atoms with E-state index in [1.165, 1.54) is 18.5 Å². The molecule has 0 fully saturated rings. The molecule has 0 saturated heterocycles. The monoisotopic (exact) mass is 238 g/mol. The second-order valence-electron chi connectivity index (χ2n) is 3.50. The Balaban J connectivity index is 2.73. The summed E-state index contributed by atoms with van der Waals surface area (Å²) in [6, 6.07) is 1.35. The van der Waals surface area contributed by atoms with Gasteiger partial charge in [-0.1, -0.05) is 0 Å². The van der Waals surface area contributed by atoms with Crippen LogP contribution in [0.1, 0.15) is 24.2 Å². The fraction of sp³-hybridized carbons (Fsp3) is 0.500. The molecule has 5 heteroatoms. The number of nitrogens with zero attached hydrogens (tertiary/aromatic N) is 1. The highest BCUT2D eigenvalue weighted by Crippen LogP contribution is 1.98. The molecule has 0 saturated carbocycles. The third kappa shape index (κ3) is 3.71. The Hall–Kier alpha value is -1.62. The molecule has 0 unspecified atom stereocenters. The lowest BCUT2D eigenvalue weighted by atomic mass is 10.2. The first-order chi connectivity index (χ1) is 8.20. The van der Waals surface area contributed by atoms with Crippen molar-refractivity contribution in [1.82, 2.24) is 9.88 Å². The van der Waals surface area contributed by atoms with Crippen LogP contribution in [0.3, 0.4) is 0 Å². The van der Waals surface area contributed by atoms with Crippen LogP contribution in [0.2, 0.25) is 0 Å². The number of likely N-dealkylation sites (N-methyl/N-ethyl adjacent to an activating group) is 1. The normalized spacial score (nSPS) is 10.2. The van der Waals surface area contributed by atoms with Crippen LogP contribution < -0.4 is 5.43 Å². The topological polar surface area (TPSA) is 62.4 Å². The second-order valence-corrected chi connectivity index (χ2v) is 3.50. The standard InChI is InChI=1S/C12H18N2O3/c1-3-14(7-8-17-4-2)12(16)10-9-13-6-5-11(10)15/h5-6,9H,3-4,7-8H2,1-2H3,(H,13,15). The van der Waals surface area contributed by atoms with Gasteiger partial charge in [0.1, 0.15) is 5.56 Å². The van der Waals surface area contributed by atoms with Crippen molar-refractivity contribution in [2.75, 3.05) is 26.3 Å². The number of ether oxygens (including phenoxy) is 1. The van der Waals surface area contributed by atoms with Crippen molar-refractivity contribution in [3.63, 3.8) is 0 Å². The number of amides is 1. The molecule has 1 aromatic heterocycles. The van der Waals surface area contributed by atoms with Crippen molar-refractivity contribution >= 4 is 5.91 Å². The van der Waals surface area contributed by atoms with Crippen molar-refractivity contribution in [1.29, 1.82) is 0 Å². The second kappa shape index (κ2) is 6.85. The van der Waals surface area contributed by atoms with Crippen molar-refractivity contribution in [2.45, 2.75) is 13.8 Å². The average molecular weight is 238 g/mol. The Morgan fingerprint density at radius 1 is 1.47 bits per heavy atom. The van der Waals surface area contributed by atoms with E-state index in [2.05, 4.69) is 4.98 Å². The van der Waals surface area contributed by atoms with Gasteiger partial charge in [-0.2, -0.15) is 0 Å². The van der Waals surface area contributed by atoms with Gasteiger partial charge >= 0.3 is 0 Å². The summed E-state index contributed by atoms with van der Waals surface area (Å²) >= 11 is 0. The Morgan fingerprint density at radius 3 is 2.82 bits per heavy atom. The molecule has 0 aromatic carbocycles. The van der Waals surface area contributed by atoms with E-state index in [0.717, 1.165) is 0 Å². The van der Waals surface area contributed by atoms with Gasteiger partial charge in [0.2, 0.25) is 0 Å². The van der Waals surface area contributed by atoms with Gasteiger partial charge in [0.05, 0.1) is 6.61 Å². The third-order valence-electron chi connectivity index (χ3n) is 2.43. The number of nitrogens with one attached hydrogen (secondary N) is 1. The zero-order chi connectivity index (χ0) is 12.7. The number of hydrogen-bond donors (Lipinski definition) is 1. The highest BCUT2D eigenvalue weighted by Gasteiger charge is 2.16. The Kier molecular flexibility index (Phi) is 5.42. The van der Waals surface area contributed by atoms with Gasteiger partial charge < -0.3 is 14.6 Å². The van der Waals surface area contributed by atoms with Crippen LogP contribution in [0, 0.1) is 0 Å². The number of pyridine rings is 1. The molecule has 17 heavy (non-hydrogen) atoms. The lowest BCUT2D eigenvalue weighted by Crippen LogP contribution is -2.36. The van der Waals surface area contributed by atoms with Crippen LogP contribution in [-0.4, -0.2) is 42.1 Å². The van der Waals surface area contributed by atoms with Crippen molar-refractivity contribution < 1.29 is 9.53 Å². The smallest absolute Gasteiger partial charge is 0.259 e. The minimum absolute atomic E-state index is 0.172. The zero-order valence-electron chi connectivity index (χ0n) is 10.2. The van der Waals surface area contributed by atoms with E-state index in [9.17, 15) is 9.59 Å². The molecule has 0 bridgehead atoms. The third-order valence-corrected chi connectivity index (χ3v) is 2.43. The van der Waals surface area contributed by atoms with E-state index in [4.69, 9.17) is 4.74 Å². The summed E-state index contributed by atoms with van der Waals surface area (Å²) in [4.78, 5) is 27.9. The number of carbonyl (C=O) groups excluding carboxylic acids is 1. The van der Waals surface area contributed by atoms with E-state index < -0.39 is 0 Å².